The zero-order valence-corrected chi connectivity index (χ0v) is 17.2. The van der Waals surface area contributed by atoms with Gasteiger partial charge in [-0.2, -0.15) is 4.31 Å². The summed E-state index contributed by atoms with van der Waals surface area (Å²) in [6.45, 7) is 3.89. The van der Waals surface area contributed by atoms with E-state index in [1.807, 2.05) is 12.3 Å². The van der Waals surface area contributed by atoms with Gasteiger partial charge >= 0.3 is 0 Å². The molecule has 1 aliphatic rings. The van der Waals surface area contributed by atoms with Crippen molar-refractivity contribution in [3.63, 3.8) is 0 Å². The van der Waals surface area contributed by atoms with E-state index in [-0.39, 0.29) is 18.2 Å². The lowest BCUT2D eigenvalue weighted by molar-refractivity contribution is 0.0730. The van der Waals surface area contributed by atoms with Crippen molar-refractivity contribution in [3.05, 3.63) is 45.9 Å². The molecule has 2 heterocycles. The van der Waals surface area contributed by atoms with Gasteiger partial charge in [0.15, 0.2) is 0 Å². The van der Waals surface area contributed by atoms with Crippen molar-refractivity contribution in [3.8, 4) is 5.75 Å². The molecule has 8 nitrogen and oxygen atoms in total. The summed E-state index contributed by atoms with van der Waals surface area (Å²) >= 11 is 1.57. The summed E-state index contributed by atoms with van der Waals surface area (Å²) in [6.07, 6.45) is 0. The molecule has 10 heteroatoms. The van der Waals surface area contributed by atoms with Crippen molar-refractivity contribution in [2.75, 3.05) is 38.6 Å². The largest absolute Gasteiger partial charge is 0.487 e. The number of carbonyl (C=O) groups excluding carboxylic acids is 1. The first kappa shape index (κ1) is 20.7. The predicted molar refractivity (Wildman–Crippen MR) is 106 cm³/mol. The molecule has 1 aromatic carbocycles. The number of benzene rings is 1. The molecule has 1 fully saturated rings. The molecule has 0 atom stereocenters. The van der Waals surface area contributed by atoms with Gasteiger partial charge in [0.25, 0.3) is 5.91 Å². The maximum atomic E-state index is 12.2. The summed E-state index contributed by atoms with van der Waals surface area (Å²) in [4.78, 5) is 16.5. The number of nitrogens with one attached hydrogen (secondary N) is 1. The molecule has 0 radical (unpaired) electrons. The van der Waals surface area contributed by atoms with Gasteiger partial charge in [0, 0.05) is 30.6 Å². The molecule has 1 aromatic heterocycles. The Kier molecular flexibility index (Phi) is 7.00. The zero-order valence-electron chi connectivity index (χ0n) is 15.6. The summed E-state index contributed by atoms with van der Waals surface area (Å²) in [5, 5.41) is 5.58. The maximum Gasteiger partial charge on any atom is 0.251 e. The van der Waals surface area contributed by atoms with E-state index >= 15 is 0 Å². The summed E-state index contributed by atoms with van der Waals surface area (Å²) in [7, 11) is -3.39. The number of ether oxygens (including phenoxy) is 2. The van der Waals surface area contributed by atoms with Crippen molar-refractivity contribution < 1.29 is 22.7 Å². The standard InChI is InChI=1S/C18H23N3O5S2/c1-14-20-16(13-27-14)12-26-17-4-2-15(3-5-17)18(22)19-6-11-28(23,24)21-7-9-25-10-8-21/h2-5,13H,6-12H2,1H3,(H,19,22). The van der Waals surface area contributed by atoms with E-state index in [1.165, 1.54) is 4.31 Å². The lowest BCUT2D eigenvalue weighted by Crippen LogP contribution is -2.43. The van der Waals surface area contributed by atoms with Crippen molar-refractivity contribution in [2.24, 2.45) is 0 Å². The molecule has 1 aliphatic heterocycles. The van der Waals surface area contributed by atoms with Crippen LogP contribution >= 0.6 is 11.3 Å². The highest BCUT2D eigenvalue weighted by Crippen LogP contribution is 2.15. The number of aromatic nitrogens is 1. The first-order valence-corrected chi connectivity index (χ1v) is 11.4. The number of sulfonamides is 1. The topological polar surface area (TPSA) is 97.8 Å². The van der Waals surface area contributed by atoms with E-state index in [0.717, 1.165) is 10.7 Å². The third-order valence-corrected chi connectivity index (χ3v) is 6.87. The Labute approximate surface area is 168 Å². The molecule has 0 aliphatic carbocycles. The molecule has 0 bridgehead atoms. The number of carbonyl (C=O) groups is 1. The Bertz CT molecular complexity index is 890. The Morgan fingerprint density at radius 3 is 2.64 bits per heavy atom. The fourth-order valence-electron chi connectivity index (χ4n) is 2.68. The number of nitrogens with zero attached hydrogens (tertiary/aromatic N) is 2. The minimum atomic E-state index is -3.39. The number of aryl methyl sites for hydroxylation is 1. The molecule has 2 aromatic rings. The summed E-state index contributed by atoms with van der Waals surface area (Å²) in [5.41, 5.74) is 1.31. The third kappa shape index (κ3) is 5.74. The van der Waals surface area contributed by atoms with E-state index in [1.54, 1.807) is 35.6 Å². The van der Waals surface area contributed by atoms with E-state index in [9.17, 15) is 13.2 Å². The summed E-state index contributed by atoms with van der Waals surface area (Å²) in [6, 6.07) is 6.71. The van der Waals surface area contributed by atoms with Crippen molar-refractivity contribution in [2.45, 2.75) is 13.5 Å². The zero-order chi connectivity index (χ0) is 20.0. The fraction of sp³-hybridized carbons (Fsp3) is 0.444. The smallest absolute Gasteiger partial charge is 0.251 e. The molecule has 1 saturated heterocycles. The second-order valence-electron chi connectivity index (χ2n) is 6.25. The highest BCUT2D eigenvalue weighted by atomic mass is 32.2. The average molecular weight is 426 g/mol. The summed E-state index contributed by atoms with van der Waals surface area (Å²) < 4.78 is 36.7. The Hall–Kier alpha value is -2.01. The van der Waals surface area contributed by atoms with Crippen LogP contribution < -0.4 is 10.1 Å². The Morgan fingerprint density at radius 1 is 1.29 bits per heavy atom. The lowest BCUT2D eigenvalue weighted by Gasteiger charge is -2.26. The van der Waals surface area contributed by atoms with Crippen LogP contribution in [0.3, 0.4) is 0 Å². The Balaban J connectivity index is 1.45. The second kappa shape index (κ2) is 9.46. The number of hydrogen-bond acceptors (Lipinski definition) is 7. The van der Waals surface area contributed by atoms with Gasteiger partial charge in [-0.1, -0.05) is 0 Å². The first-order chi connectivity index (χ1) is 13.4. The van der Waals surface area contributed by atoms with Gasteiger partial charge in [-0.25, -0.2) is 13.4 Å². The average Bonchev–Trinajstić information content (AvgIpc) is 3.12. The van der Waals surface area contributed by atoms with Gasteiger partial charge < -0.3 is 14.8 Å². The highest BCUT2D eigenvalue weighted by Gasteiger charge is 2.24. The quantitative estimate of drug-likeness (QED) is 0.687. The minimum Gasteiger partial charge on any atom is -0.487 e. The van der Waals surface area contributed by atoms with Crippen LogP contribution in [0.15, 0.2) is 29.6 Å². The van der Waals surface area contributed by atoms with Crippen molar-refractivity contribution in [1.82, 2.24) is 14.6 Å². The van der Waals surface area contributed by atoms with Gasteiger partial charge in [0.2, 0.25) is 10.0 Å². The minimum absolute atomic E-state index is 0.0555. The van der Waals surface area contributed by atoms with E-state index in [4.69, 9.17) is 9.47 Å². The SMILES string of the molecule is Cc1nc(COc2ccc(C(=O)NCCS(=O)(=O)N3CCOCC3)cc2)cs1. The monoisotopic (exact) mass is 425 g/mol. The number of morpholine rings is 1. The molecular formula is C18H23N3O5S2. The molecule has 152 valence electrons. The van der Waals surface area contributed by atoms with Crippen LogP contribution in [0.4, 0.5) is 0 Å². The normalized spacial score (nSPS) is 15.3. The molecule has 1 amide bonds. The van der Waals surface area contributed by atoms with Crippen LogP contribution in [0.1, 0.15) is 21.1 Å². The van der Waals surface area contributed by atoms with E-state index < -0.39 is 10.0 Å². The number of hydrogen-bond donors (Lipinski definition) is 1. The number of amides is 1. The van der Waals surface area contributed by atoms with Crippen LogP contribution in [-0.4, -0.2) is 62.2 Å². The second-order valence-corrected chi connectivity index (χ2v) is 9.40. The van der Waals surface area contributed by atoms with Crippen LogP contribution in [0.5, 0.6) is 5.75 Å². The predicted octanol–water partition coefficient (Wildman–Crippen LogP) is 1.42. The van der Waals surface area contributed by atoms with Gasteiger partial charge in [-0.05, 0) is 31.2 Å². The van der Waals surface area contributed by atoms with Crippen LogP contribution in [0.25, 0.3) is 0 Å². The molecule has 3 rings (SSSR count). The molecule has 0 spiro atoms. The van der Waals surface area contributed by atoms with Gasteiger partial charge in [-0.3, -0.25) is 4.79 Å². The van der Waals surface area contributed by atoms with Crippen molar-refractivity contribution in [1.29, 1.82) is 0 Å². The van der Waals surface area contributed by atoms with Crippen molar-refractivity contribution >= 4 is 27.3 Å². The molecule has 0 unspecified atom stereocenters. The van der Waals surface area contributed by atoms with Gasteiger partial charge in [0.1, 0.15) is 12.4 Å². The van der Waals surface area contributed by atoms with Crippen LogP contribution in [0.2, 0.25) is 0 Å². The molecular weight excluding hydrogens is 402 g/mol. The molecule has 1 N–H and O–H groups in total. The Morgan fingerprint density at radius 2 is 2.00 bits per heavy atom. The molecule has 0 saturated carbocycles. The third-order valence-electron chi connectivity index (χ3n) is 4.18. The maximum absolute atomic E-state index is 12.2. The van der Waals surface area contributed by atoms with E-state index in [0.29, 0.717) is 44.2 Å². The van der Waals surface area contributed by atoms with Crippen LogP contribution in [0, 0.1) is 6.92 Å². The lowest BCUT2D eigenvalue weighted by atomic mass is 10.2. The van der Waals surface area contributed by atoms with Crippen LogP contribution in [-0.2, 0) is 21.4 Å². The highest BCUT2D eigenvalue weighted by molar-refractivity contribution is 7.89. The number of thiazole rings is 1. The summed E-state index contributed by atoms with van der Waals surface area (Å²) in [5.74, 6) is 0.184. The fourth-order valence-corrected chi connectivity index (χ4v) is 4.60. The molecule has 28 heavy (non-hydrogen) atoms. The first-order valence-electron chi connectivity index (χ1n) is 8.92. The van der Waals surface area contributed by atoms with Gasteiger partial charge in [-0.15, -0.1) is 11.3 Å². The van der Waals surface area contributed by atoms with Gasteiger partial charge in [0.05, 0.1) is 29.7 Å². The van der Waals surface area contributed by atoms with E-state index in [2.05, 4.69) is 10.3 Å². The number of rotatable bonds is 8.